The molecule has 0 aliphatic carbocycles. The Kier molecular flexibility index (Phi) is 5.45. The number of rotatable bonds is 5. The van der Waals surface area contributed by atoms with Gasteiger partial charge in [-0.25, -0.2) is 9.82 Å². The van der Waals surface area contributed by atoms with Gasteiger partial charge in [-0.1, -0.05) is 0 Å². The number of methoxy groups -OCH3 is 1. The molecule has 0 saturated carbocycles. The summed E-state index contributed by atoms with van der Waals surface area (Å²) in [5.41, 5.74) is 2.45. The number of hydrogen-bond acceptors (Lipinski definition) is 5. The summed E-state index contributed by atoms with van der Waals surface area (Å²) in [7, 11) is 1.35. The van der Waals surface area contributed by atoms with E-state index in [1.807, 2.05) is 5.43 Å². The van der Waals surface area contributed by atoms with Crippen LogP contribution < -0.4 is 15.5 Å². The third-order valence-corrected chi connectivity index (χ3v) is 2.77. The number of carbonyl (C=O) groups excluding carboxylic acids is 2. The lowest BCUT2D eigenvalue weighted by molar-refractivity contribution is -0.139. The number of hydrazone groups is 1. The minimum atomic E-state index is -0.943. The highest BCUT2D eigenvalue weighted by atomic mass is 19.1. The Labute approximate surface area is 131 Å². The molecule has 0 atom stereocenters. The second-order valence-electron chi connectivity index (χ2n) is 4.36. The fourth-order valence-electron chi connectivity index (χ4n) is 1.64. The van der Waals surface area contributed by atoms with Gasteiger partial charge in [0, 0.05) is 0 Å². The highest BCUT2D eigenvalue weighted by Gasteiger charge is 2.12. The average Bonchev–Trinajstić information content (AvgIpc) is 3.06. The predicted molar refractivity (Wildman–Crippen MR) is 79.2 cm³/mol. The summed E-state index contributed by atoms with van der Waals surface area (Å²) >= 11 is 0. The van der Waals surface area contributed by atoms with E-state index in [0.29, 0.717) is 11.3 Å². The standard InChI is InChI=1S/C15H14FN3O4/c1-22-13-5-4-10(7-12(13)16)8-18-19-15(21)14(20)17-9-11-3-2-6-23-11/h2-8H,9H2,1H3,(H,17,20)(H,19,21)/b18-8-. The van der Waals surface area contributed by atoms with E-state index in [1.165, 1.54) is 31.7 Å². The average molecular weight is 319 g/mol. The van der Waals surface area contributed by atoms with Gasteiger partial charge >= 0.3 is 11.8 Å². The van der Waals surface area contributed by atoms with Crippen molar-refractivity contribution in [1.29, 1.82) is 0 Å². The van der Waals surface area contributed by atoms with Gasteiger partial charge < -0.3 is 14.5 Å². The maximum Gasteiger partial charge on any atom is 0.329 e. The largest absolute Gasteiger partial charge is 0.494 e. The van der Waals surface area contributed by atoms with Crippen molar-refractivity contribution in [2.45, 2.75) is 6.54 Å². The molecule has 0 saturated heterocycles. The number of nitrogens with zero attached hydrogens (tertiary/aromatic N) is 1. The molecule has 1 heterocycles. The van der Waals surface area contributed by atoms with Crippen LogP contribution in [0.3, 0.4) is 0 Å². The van der Waals surface area contributed by atoms with Crippen LogP contribution in [0, 0.1) is 5.82 Å². The Morgan fingerprint density at radius 1 is 1.35 bits per heavy atom. The topological polar surface area (TPSA) is 92.9 Å². The molecular formula is C15H14FN3O4. The quantitative estimate of drug-likeness (QED) is 0.492. The van der Waals surface area contributed by atoms with Crippen LogP contribution in [0.2, 0.25) is 0 Å². The molecule has 0 bridgehead atoms. The van der Waals surface area contributed by atoms with Gasteiger partial charge in [0.25, 0.3) is 0 Å². The summed E-state index contributed by atoms with van der Waals surface area (Å²) < 4.78 is 23.2. The van der Waals surface area contributed by atoms with E-state index in [0.717, 1.165) is 0 Å². The maximum absolute atomic E-state index is 13.5. The lowest BCUT2D eigenvalue weighted by Crippen LogP contribution is -2.37. The fraction of sp³-hybridized carbons (Fsp3) is 0.133. The maximum atomic E-state index is 13.5. The summed E-state index contributed by atoms with van der Waals surface area (Å²) in [5.74, 6) is -1.74. The van der Waals surface area contributed by atoms with Gasteiger partial charge in [0.2, 0.25) is 0 Å². The van der Waals surface area contributed by atoms with Crippen molar-refractivity contribution in [3.63, 3.8) is 0 Å². The fourth-order valence-corrected chi connectivity index (χ4v) is 1.64. The number of nitrogens with one attached hydrogen (secondary N) is 2. The monoisotopic (exact) mass is 319 g/mol. The van der Waals surface area contributed by atoms with E-state index in [1.54, 1.807) is 18.2 Å². The normalized spacial score (nSPS) is 10.5. The molecule has 1 aromatic heterocycles. The molecule has 8 heteroatoms. The predicted octanol–water partition coefficient (Wildman–Crippen LogP) is 1.19. The Hall–Kier alpha value is -3.16. The number of furan rings is 1. The van der Waals surface area contributed by atoms with Crippen molar-refractivity contribution in [2.75, 3.05) is 7.11 Å². The summed E-state index contributed by atoms with van der Waals surface area (Å²) in [6, 6.07) is 7.49. The van der Waals surface area contributed by atoms with Gasteiger partial charge in [-0.15, -0.1) is 0 Å². The van der Waals surface area contributed by atoms with Gasteiger partial charge in [-0.3, -0.25) is 9.59 Å². The summed E-state index contributed by atoms with van der Waals surface area (Å²) in [5, 5.41) is 5.95. The highest BCUT2D eigenvalue weighted by molar-refractivity contribution is 6.35. The second kappa shape index (κ2) is 7.74. The minimum absolute atomic E-state index is 0.0899. The first-order chi connectivity index (χ1) is 11.1. The van der Waals surface area contributed by atoms with Crippen molar-refractivity contribution >= 4 is 18.0 Å². The third-order valence-electron chi connectivity index (χ3n) is 2.77. The first kappa shape index (κ1) is 16.2. The van der Waals surface area contributed by atoms with Gasteiger partial charge in [-0.2, -0.15) is 5.10 Å². The molecule has 0 aliphatic rings. The molecule has 2 aromatic rings. The number of carbonyl (C=O) groups is 2. The van der Waals surface area contributed by atoms with E-state index in [4.69, 9.17) is 9.15 Å². The van der Waals surface area contributed by atoms with E-state index in [9.17, 15) is 14.0 Å². The molecule has 0 spiro atoms. The van der Waals surface area contributed by atoms with Crippen LogP contribution in [0.25, 0.3) is 0 Å². The molecule has 23 heavy (non-hydrogen) atoms. The van der Waals surface area contributed by atoms with Crippen LogP contribution in [0.15, 0.2) is 46.1 Å². The van der Waals surface area contributed by atoms with E-state index in [-0.39, 0.29) is 12.3 Å². The molecule has 7 nitrogen and oxygen atoms in total. The molecule has 0 unspecified atom stereocenters. The third kappa shape index (κ3) is 4.67. The molecule has 0 aliphatic heterocycles. The molecule has 2 amide bonds. The van der Waals surface area contributed by atoms with Gasteiger partial charge in [0.1, 0.15) is 5.76 Å². The zero-order valence-corrected chi connectivity index (χ0v) is 12.2. The lowest BCUT2D eigenvalue weighted by Gasteiger charge is -2.02. The number of halogens is 1. The molecule has 2 rings (SSSR count). The Morgan fingerprint density at radius 2 is 2.17 bits per heavy atom. The smallest absolute Gasteiger partial charge is 0.329 e. The molecule has 1 aromatic carbocycles. The van der Waals surface area contributed by atoms with Gasteiger partial charge in [-0.05, 0) is 35.9 Å². The molecular weight excluding hydrogens is 305 g/mol. The van der Waals surface area contributed by atoms with Gasteiger partial charge in [0.15, 0.2) is 11.6 Å². The van der Waals surface area contributed by atoms with Crippen molar-refractivity contribution in [2.24, 2.45) is 5.10 Å². The van der Waals surface area contributed by atoms with E-state index < -0.39 is 17.6 Å². The second-order valence-corrected chi connectivity index (χ2v) is 4.36. The van der Waals surface area contributed by atoms with E-state index >= 15 is 0 Å². The zero-order valence-electron chi connectivity index (χ0n) is 12.2. The highest BCUT2D eigenvalue weighted by Crippen LogP contribution is 2.16. The van der Waals surface area contributed by atoms with Crippen LogP contribution in [0.1, 0.15) is 11.3 Å². The van der Waals surface area contributed by atoms with Crippen LogP contribution >= 0.6 is 0 Å². The number of amides is 2. The molecule has 0 fully saturated rings. The number of ether oxygens (including phenoxy) is 1. The van der Waals surface area contributed by atoms with Crippen molar-refractivity contribution in [3.8, 4) is 5.75 Å². The van der Waals surface area contributed by atoms with E-state index in [2.05, 4.69) is 10.4 Å². The number of hydrogen-bond donors (Lipinski definition) is 2. The summed E-state index contributed by atoms with van der Waals surface area (Å²) in [6.45, 7) is 0.0899. The Morgan fingerprint density at radius 3 is 2.83 bits per heavy atom. The zero-order chi connectivity index (χ0) is 16.7. The Bertz CT molecular complexity index is 714. The molecule has 0 radical (unpaired) electrons. The first-order valence-corrected chi connectivity index (χ1v) is 6.57. The van der Waals surface area contributed by atoms with Crippen LogP contribution in [-0.2, 0) is 16.1 Å². The minimum Gasteiger partial charge on any atom is -0.494 e. The van der Waals surface area contributed by atoms with Crippen LogP contribution in [0.4, 0.5) is 4.39 Å². The van der Waals surface area contributed by atoms with Crippen molar-refractivity contribution < 1.29 is 23.1 Å². The molecule has 120 valence electrons. The van der Waals surface area contributed by atoms with Crippen molar-refractivity contribution in [1.82, 2.24) is 10.7 Å². The first-order valence-electron chi connectivity index (χ1n) is 6.57. The van der Waals surface area contributed by atoms with Crippen LogP contribution in [0.5, 0.6) is 5.75 Å². The number of benzene rings is 1. The Balaban J connectivity index is 1.83. The molecule has 2 N–H and O–H groups in total. The van der Waals surface area contributed by atoms with Crippen LogP contribution in [-0.4, -0.2) is 25.1 Å². The SMILES string of the molecule is COc1ccc(/C=N\NC(=O)C(=O)NCc2ccco2)cc1F. The lowest BCUT2D eigenvalue weighted by atomic mass is 10.2. The summed E-state index contributed by atoms with van der Waals surface area (Å²) in [6.07, 6.45) is 2.67. The summed E-state index contributed by atoms with van der Waals surface area (Å²) in [4.78, 5) is 23.0. The van der Waals surface area contributed by atoms with Gasteiger partial charge in [0.05, 0.1) is 26.1 Å². The van der Waals surface area contributed by atoms with Crippen molar-refractivity contribution in [3.05, 3.63) is 53.7 Å².